The molecule has 0 saturated carbocycles. The molecule has 2 heterocycles. The summed E-state index contributed by atoms with van der Waals surface area (Å²) >= 11 is 0. The van der Waals surface area contributed by atoms with Crippen LogP contribution >= 0.6 is 0 Å². The molecule has 1 aliphatic rings. The van der Waals surface area contributed by atoms with Crippen molar-refractivity contribution in [3.05, 3.63) is 40.6 Å². The van der Waals surface area contributed by atoms with Gasteiger partial charge >= 0.3 is 5.97 Å². The lowest BCUT2D eigenvalue weighted by atomic mass is 10.1. The van der Waals surface area contributed by atoms with Crippen LogP contribution in [0.15, 0.2) is 30.5 Å². The van der Waals surface area contributed by atoms with E-state index in [1.165, 1.54) is 13.2 Å². The summed E-state index contributed by atoms with van der Waals surface area (Å²) in [5, 5.41) is 11.7. The molecule has 0 unspecified atom stereocenters. The highest BCUT2D eigenvalue weighted by Gasteiger charge is 2.23. The van der Waals surface area contributed by atoms with Gasteiger partial charge in [-0.25, -0.2) is 0 Å². The normalized spacial score (nSPS) is 15.5. The minimum Gasteiger partial charge on any atom is -0.468 e. The number of pyridine rings is 1. The number of hydrogen-bond acceptors (Lipinski definition) is 7. The summed E-state index contributed by atoms with van der Waals surface area (Å²) in [4.78, 5) is 30.7. The zero-order chi connectivity index (χ0) is 17.1. The number of nitrogens with zero attached hydrogens (tertiary/aromatic N) is 4. The fourth-order valence-electron chi connectivity index (χ4n) is 2.95. The zero-order valence-electron chi connectivity index (χ0n) is 13.3. The number of benzene rings is 1. The van der Waals surface area contributed by atoms with Crippen LogP contribution in [0.5, 0.6) is 0 Å². The summed E-state index contributed by atoms with van der Waals surface area (Å²) < 4.78 is 4.69. The fourth-order valence-corrected chi connectivity index (χ4v) is 2.95. The molecule has 0 N–H and O–H groups in total. The predicted octanol–water partition coefficient (Wildman–Crippen LogP) is 1.44. The standard InChI is InChI=1S/C16H18N4O4/c1-24-15(21)11-18-7-9-19(10-8-18)14-5-4-13(20(22)23)12-3-2-6-17-16(12)14/h2-6H,7-11H2,1H3. The first-order valence-electron chi connectivity index (χ1n) is 7.66. The number of esters is 1. The molecule has 0 atom stereocenters. The van der Waals surface area contributed by atoms with Gasteiger partial charge < -0.3 is 9.64 Å². The van der Waals surface area contributed by atoms with Gasteiger partial charge in [-0.2, -0.15) is 0 Å². The maximum Gasteiger partial charge on any atom is 0.319 e. The molecule has 0 bridgehead atoms. The Bertz CT molecular complexity index is 772. The molecule has 0 spiro atoms. The molecule has 3 rings (SSSR count). The van der Waals surface area contributed by atoms with Crippen molar-refractivity contribution in [3.63, 3.8) is 0 Å². The summed E-state index contributed by atoms with van der Waals surface area (Å²) in [5.41, 5.74) is 1.58. The van der Waals surface area contributed by atoms with Crippen LogP contribution in [-0.2, 0) is 9.53 Å². The van der Waals surface area contributed by atoms with Gasteiger partial charge in [0, 0.05) is 38.4 Å². The Morgan fingerprint density at radius 1 is 1.29 bits per heavy atom. The van der Waals surface area contributed by atoms with Gasteiger partial charge in [-0.1, -0.05) is 0 Å². The number of carbonyl (C=O) groups excluding carboxylic acids is 1. The van der Waals surface area contributed by atoms with Gasteiger partial charge in [-0.15, -0.1) is 0 Å². The van der Waals surface area contributed by atoms with Crippen molar-refractivity contribution in [1.82, 2.24) is 9.88 Å². The fraction of sp³-hybridized carbons (Fsp3) is 0.375. The van der Waals surface area contributed by atoms with Gasteiger partial charge in [0.25, 0.3) is 5.69 Å². The molecule has 126 valence electrons. The molecular formula is C16H18N4O4. The van der Waals surface area contributed by atoms with E-state index in [0.29, 0.717) is 10.9 Å². The third-order valence-corrected chi connectivity index (χ3v) is 4.22. The monoisotopic (exact) mass is 330 g/mol. The van der Waals surface area contributed by atoms with Gasteiger partial charge in [0.05, 0.1) is 29.7 Å². The van der Waals surface area contributed by atoms with Crippen molar-refractivity contribution in [2.45, 2.75) is 0 Å². The van der Waals surface area contributed by atoms with E-state index in [1.54, 1.807) is 24.4 Å². The molecule has 2 aromatic rings. The van der Waals surface area contributed by atoms with Crippen LogP contribution in [0.25, 0.3) is 10.9 Å². The lowest BCUT2D eigenvalue weighted by Gasteiger charge is -2.35. The van der Waals surface area contributed by atoms with E-state index in [-0.39, 0.29) is 23.1 Å². The van der Waals surface area contributed by atoms with Crippen LogP contribution in [0.4, 0.5) is 11.4 Å². The molecular weight excluding hydrogens is 312 g/mol. The van der Waals surface area contributed by atoms with E-state index in [0.717, 1.165) is 31.9 Å². The van der Waals surface area contributed by atoms with Crippen LogP contribution in [-0.4, -0.2) is 60.6 Å². The van der Waals surface area contributed by atoms with Crippen LogP contribution in [0, 0.1) is 10.1 Å². The predicted molar refractivity (Wildman–Crippen MR) is 89.1 cm³/mol. The smallest absolute Gasteiger partial charge is 0.319 e. The molecule has 1 aromatic heterocycles. The average molecular weight is 330 g/mol. The largest absolute Gasteiger partial charge is 0.468 e. The molecule has 8 nitrogen and oxygen atoms in total. The summed E-state index contributed by atoms with van der Waals surface area (Å²) in [6.45, 7) is 3.17. The Hall–Kier alpha value is -2.74. The van der Waals surface area contributed by atoms with Gasteiger partial charge in [-0.3, -0.25) is 24.8 Å². The molecule has 1 aliphatic heterocycles. The number of methoxy groups -OCH3 is 1. The lowest BCUT2D eigenvalue weighted by molar-refractivity contribution is -0.383. The van der Waals surface area contributed by atoms with Crippen molar-refractivity contribution >= 4 is 28.2 Å². The number of aromatic nitrogens is 1. The number of rotatable bonds is 4. The molecule has 0 aliphatic carbocycles. The number of piperazine rings is 1. The Kier molecular flexibility index (Phi) is 4.57. The van der Waals surface area contributed by atoms with Crippen LogP contribution in [0.1, 0.15) is 0 Å². The van der Waals surface area contributed by atoms with Crippen molar-refractivity contribution in [1.29, 1.82) is 0 Å². The molecule has 0 amide bonds. The Labute approximate surface area is 138 Å². The second kappa shape index (κ2) is 6.79. The highest BCUT2D eigenvalue weighted by Crippen LogP contribution is 2.32. The molecule has 1 fully saturated rings. The molecule has 1 saturated heterocycles. The van der Waals surface area contributed by atoms with E-state index in [4.69, 9.17) is 0 Å². The minimum atomic E-state index is -0.387. The van der Waals surface area contributed by atoms with Gasteiger partial charge in [0.15, 0.2) is 0 Å². The van der Waals surface area contributed by atoms with Gasteiger partial charge in [-0.05, 0) is 18.2 Å². The van der Waals surface area contributed by atoms with E-state index in [1.807, 2.05) is 4.90 Å². The van der Waals surface area contributed by atoms with E-state index in [2.05, 4.69) is 14.6 Å². The highest BCUT2D eigenvalue weighted by atomic mass is 16.6. The minimum absolute atomic E-state index is 0.0613. The second-order valence-corrected chi connectivity index (χ2v) is 5.60. The molecule has 1 aromatic carbocycles. The average Bonchev–Trinajstić information content (AvgIpc) is 2.61. The Balaban J connectivity index is 1.83. The number of non-ortho nitro benzene ring substituents is 1. The number of fused-ring (bicyclic) bond motifs is 1. The van der Waals surface area contributed by atoms with Crippen molar-refractivity contribution in [2.75, 3.05) is 44.7 Å². The van der Waals surface area contributed by atoms with E-state index in [9.17, 15) is 14.9 Å². The number of carbonyl (C=O) groups is 1. The number of hydrogen-bond donors (Lipinski definition) is 0. The number of ether oxygens (including phenoxy) is 1. The van der Waals surface area contributed by atoms with Crippen LogP contribution in [0.2, 0.25) is 0 Å². The maximum atomic E-state index is 11.4. The SMILES string of the molecule is COC(=O)CN1CCN(c2ccc([N+](=O)[O-])c3cccnc23)CC1. The van der Waals surface area contributed by atoms with Crippen molar-refractivity contribution in [3.8, 4) is 0 Å². The Morgan fingerprint density at radius 2 is 2.04 bits per heavy atom. The molecule has 0 radical (unpaired) electrons. The third kappa shape index (κ3) is 3.13. The quantitative estimate of drug-likeness (QED) is 0.476. The molecule has 8 heteroatoms. The van der Waals surface area contributed by atoms with Crippen LogP contribution < -0.4 is 4.90 Å². The summed E-state index contributed by atoms with van der Waals surface area (Å²) in [6.07, 6.45) is 1.64. The first-order chi connectivity index (χ1) is 11.6. The zero-order valence-corrected chi connectivity index (χ0v) is 13.3. The summed E-state index contributed by atoms with van der Waals surface area (Å²) in [7, 11) is 1.38. The molecule has 24 heavy (non-hydrogen) atoms. The van der Waals surface area contributed by atoms with E-state index >= 15 is 0 Å². The summed E-state index contributed by atoms with van der Waals surface area (Å²) in [6, 6.07) is 6.70. The van der Waals surface area contributed by atoms with Crippen molar-refractivity contribution < 1.29 is 14.5 Å². The lowest BCUT2D eigenvalue weighted by Crippen LogP contribution is -2.48. The first-order valence-corrected chi connectivity index (χ1v) is 7.66. The van der Waals surface area contributed by atoms with E-state index < -0.39 is 0 Å². The summed E-state index contributed by atoms with van der Waals surface area (Å²) in [5.74, 6) is -0.245. The number of anilines is 1. The van der Waals surface area contributed by atoms with Gasteiger partial charge in [0.1, 0.15) is 5.52 Å². The second-order valence-electron chi connectivity index (χ2n) is 5.60. The van der Waals surface area contributed by atoms with Gasteiger partial charge in [0.2, 0.25) is 0 Å². The number of nitro groups is 1. The first kappa shape index (κ1) is 16.1. The Morgan fingerprint density at radius 3 is 2.71 bits per heavy atom. The number of nitro benzene ring substituents is 1. The topological polar surface area (TPSA) is 88.8 Å². The van der Waals surface area contributed by atoms with Crippen LogP contribution in [0.3, 0.4) is 0 Å². The third-order valence-electron chi connectivity index (χ3n) is 4.22. The van der Waals surface area contributed by atoms with Crippen molar-refractivity contribution in [2.24, 2.45) is 0 Å². The highest BCUT2D eigenvalue weighted by molar-refractivity contribution is 5.97. The maximum absolute atomic E-state index is 11.4.